The van der Waals surface area contributed by atoms with Gasteiger partial charge < -0.3 is 10.2 Å². The maximum Gasteiger partial charge on any atom is 0.219 e. The smallest absolute Gasteiger partial charge is 0.219 e. The first-order chi connectivity index (χ1) is 11.1. The molecule has 3 rings (SSSR count). The molecular weight excluding hydrogens is 288 g/mol. The highest BCUT2D eigenvalue weighted by atomic mass is 16.2. The molecule has 0 saturated carbocycles. The first-order valence-corrected chi connectivity index (χ1v) is 8.03. The summed E-state index contributed by atoms with van der Waals surface area (Å²) in [6.45, 7) is 5.33. The van der Waals surface area contributed by atoms with Crippen molar-refractivity contribution in [2.75, 3.05) is 18.4 Å². The number of pyridine rings is 2. The fraction of sp³-hybridized carbons (Fsp3) is 0.389. The lowest BCUT2D eigenvalue weighted by Crippen LogP contribution is -2.37. The van der Waals surface area contributed by atoms with Crippen LogP contribution in [0.25, 0.3) is 0 Å². The van der Waals surface area contributed by atoms with Crippen LogP contribution in [0.15, 0.2) is 36.7 Å². The monoisotopic (exact) mass is 310 g/mol. The Morgan fingerprint density at radius 3 is 2.96 bits per heavy atom. The first-order valence-electron chi connectivity index (χ1n) is 8.03. The number of amides is 1. The van der Waals surface area contributed by atoms with E-state index in [1.54, 1.807) is 13.1 Å². The number of aryl methyl sites for hydroxylation is 1. The minimum atomic E-state index is 0.159. The average Bonchev–Trinajstić information content (AvgIpc) is 2.57. The minimum absolute atomic E-state index is 0.159. The first kappa shape index (κ1) is 15.5. The molecule has 120 valence electrons. The average molecular weight is 310 g/mol. The zero-order chi connectivity index (χ0) is 16.2. The van der Waals surface area contributed by atoms with E-state index in [-0.39, 0.29) is 5.91 Å². The van der Waals surface area contributed by atoms with Gasteiger partial charge in [0.1, 0.15) is 11.6 Å². The Morgan fingerprint density at radius 1 is 1.30 bits per heavy atom. The summed E-state index contributed by atoms with van der Waals surface area (Å²) in [5.41, 5.74) is 2.31. The zero-order valence-electron chi connectivity index (χ0n) is 13.6. The van der Waals surface area contributed by atoms with Crippen molar-refractivity contribution in [3.05, 3.63) is 47.8 Å². The molecule has 1 aliphatic rings. The molecule has 0 bridgehead atoms. The van der Waals surface area contributed by atoms with Gasteiger partial charge in [0, 0.05) is 38.3 Å². The lowest BCUT2D eigenvalue weighted by Gasteiger charge is -2.32. The van der Waals surface area contributed by atoms with Gasteiger partial charge in [-0.1, -0.05) is 6.07 Å². The molecule has 0 aliphatic carbocycles. The molecule has 1 fully saturated rings. The number of piperidine rings is 1. The van der Waals surface area contributed by atoms with Crippen molar-refractivity contribution >= 4 is 17.5 Å². The normalized spacial score (nSPS) is 17.8. The van der Waals surface area contributed by atoms with Crippen LogP contribution in [0.5, 0.6) is 0 Å². The number of nitrogens with one attached hydrogen (secondary N) is 1. The highest BCUT2D eigenvalue weighted by Crippen LogP contribution is 2.28. The van der Waals surface area contributed by atoms with E-state index < -0.39 is 0 Å². The Morgan fingerprint density at radius 2 is 2.17 bits per heavy atom. The molecule has 1 N–H and O–H groups in total. The predicted octanol–water partition coefficient (Wildman–Crippen LogP) is 3.25. The van der Waals surface area contributed by atoms with Crippen molar-refractivity contribution in [3.8, 4) is 0 Å². The largest absolute Gasteiger partial charge is 0.342 e. The van der Waals surface area contributed by atoms with Crippen molar-refractivity contribution in [3.63, 3.8) is 0 Å². The molecule has 2 aromatic rings. The highest BCUT2D eigenvalue weighted by molar-refractivity contribution is 5.73. The van der Waals surface area contributed by atoms with E-state index in [2.05, 4.69) is 21.4 Å². The number of carbonyl (C=O) groups excluding carboxylic acids is 1. The lowest BCUT2D eigenvalue weighted by molar-refractivity contribution is -0.130. The second-order valence-electron chi connectivity index (χ2n) is 6.07. The van der Waals surface area contributed by atoms with Crippen LogP contribution in [0.4, 0.5) is 11.6 Å². The minimum Gasteiger partial charge on any atom is -0.342 e. The van der Waals surface area contributed by atoms with Crippen molar-refractivity contribution < 1.29 is 4.79 Å². The Bertz CT molecular complexity index is 701. The van der Waals surface area contributed by atoms with Crippen molar-refractivity contribution in [2.45, 2.75) is 32.6 Å². The molecule has 0 spiro atoms. The molecule has 1 atom stereocenters. The van der Waals surface area contributed by atoms with E-state index in [0.29, 0.717) is 5.92 Å². The third-order valence-electron chi connectivity index (χ3n) is 4.38. The molecule has 0 aromatic carbocycles. The third-order valence-corrected chi connectivity index (χ3v) is 4.38. The van der Waals surface area contributed by atoms with E-state index in [0.717, 1.165) is 43.1 Å². The van der Waals surface area contributed by atoms with Crippen molar-refractivity contribution in [1.29, 1.82) is 0 Å². The van der Waals surface area contributed by atoms with E-state index in [1.807, 2.05) is 36.2 Å². The molecular formula is C18H22N4O. The van der Waals surface area contributed by atoms with Gasteiger partial charge in [-0.25, -0.2) is 9.97 Å². The Hall–Kier alpha value is -2.43. The number of rotatable bonds is 3. The summed E-state index contributed by atoms with van der Waals surface area (Å²) < 4.78 is 0. The zero-order valence-corrected chi connectivity index (χ0v) is 13.6. The van der Waals surface area contributed by atoms with Crippen LogP contribution >= 0.6 is 0 Å². The molecule has 2 aromatic heterocycles. The molecule has 3 heterocycles. The Kier molecular flexibility index (Phi) is 4.55. The molecule has 1 aliphatic heterocycles. The van der Waals surface area contributed by atoms with Crippen molar-refractivity contribution in [2.24, 2.45) is 0 Å². The maximum absolute atomic E-state index is 11.6. The highest BCUT2D eigenvalue weighted by Gasteiger charge is 2.23. The summed E-state index contributed by atoms with van der Waals surface area (Å²) >= 11 is 0. The topological polar surface area (TPSA) is 58.1 Å². The van der Waals surface area contributed by atoms with Crippen LogP contribution in [-0.4, -0.2) is 33.9 Å². The quantitative estimate of drug-likeness (QED) is 0.945. The van der Waals surface area contributed by atoms with Gasteiger partial charge in [0.2, 0.25) is 5.91 Å². The van der Waals surface area contributed by atoms with Crippen LogP contribution in [0, 0.1) is 6.92 Å². The van der Waals surface area contributed by atoms with E-state index in [1.165, 1.54) is 5.56 Å². The number of anilines is 2. The molecule has 5 heteroatoms. The number of hydrogen-bond donors (Lipinski definition) is 1. The van der Waals surface area contributed by atoms with Crippen LogP contribution in [0.1, 0.15) is 36.8 Å². The fourth-order valence-corrected chi connectivity index (χ4v) is 3.04. The van der Waals surface area contributed by atoms with Gasteiger partial charge in [0.25, 0.3) is 0 Å². The summed E-state index contributed by atoms with van der Waals surface area (Å²) in [6.07, 6.45) is 5.75. The van der Waals surface area contributed by atoms with Crippen LogP contribution < -0.4 is 5.32 Å². The van der Waals surface area contributed by atoms with Crippen LogP contribution in [0.3, 0.4) is 0 Å². The van der Waals surface area contributed by atoms with E-state index in [9.17, 15) is 4.79 Å². The molecule has 1 amide bonds. The van der Waals surface area contributed by atoms with Gasteiger partial charge in [0.05, 0.1) is 0 Å². The van der Waals surface area contributed by atoms with E-state index >= 15 is 0 Å². The summed E-state index contributed by atoms with van der Waals surface area (Å²) in [5.74, 6) is 2.16. The fourth-order valence-electron chi connectivity index (χ4n) is 3.04. The second kappa shape index (κ2) is 6.77. The number of aromatic nitrogens is 2. The second-order valence-corrected chi connectivity index (χ2v) is 6.07. The van der Waals surface area contributed by atoms with Gasteiger partial charge in [-0.05, 0) is 49.1 Å². The Labute approximate surface area is 136 Å². The number of carbonyl (C=O) groups is 1. The van der Waals surface area contributed by atoms with Gasteiger partial charge in [-0.3, -0.25) is 4.79 Å². The van der Waals surface area contributed by atoms with Gasteiger partial charge in [-0.15, -0.1) is 0 Å². The summed E-state index contributed by atoms with van der Waals surface area (Å²) in [4.78, 5) is 22.3. The van der Waals surface area contributed by atoms with Crippen molar-refractivity contribution in [1.82, 2.24) is 14.9 Å². The SMILES string of the molecule is CC(=O)N1CCCC(c2ccnc(Nc3ncccc3C)c2)C1. The predicted molar refractivity (Wildman–Crippen MR) is 90.7 cm³/mol. The van der Waals surface area contributed by atoms with Gasteiger partial charge in [-0.2, -0.15) is 0 Å². The standard InChI is InChI=1S/C18H22N4O/c1-13-5-3-8-20-18(13)21-17-11-15(7-9-19-17)16-6-4-10-22(12-16)14(2)23/h3,5,7-9,11,16H,4,6,10,12H2,1-2H3,(H,19,20,21). The third kappa shape index (κ3) is 3.67. The van der Waals surface area contributed by atoms with Gasteiger partial charge >= 0.3 is 0 Å². The molecule has 1 unspecified atom stereocenters. The Balaban J connectivity index is 1.77. The summed E-state index contributed by atoms with van der Waals surface area (Å²) in [7, 11) is 0. The summed E-state index contributed by atoms with van der Waals surface area (Å²) in [5, 5.41) is 3.28. The number of nitrogens with zero attached hydrogens (tertiary/aromatic N) is 3. The van der Waals surface area contributed by atoms with Gasteiger partial charge in [0.15, 0.2) is 0 Å². The molecule has 5 nitrogen and oxygen atoms in total. The van der Waals surface area contributed by atoms with Crippen LogP contribution in [0.2, 0.25) is 0 Å². The molecule has 23 heavy (non-hydrogen) atoms. The van der Waals surface area contributed by atoms with E-state index in [4.69, 9.17) is 0 Å². The van der Waals surface area contributed by atoms with Crippen LogP contribution in [-0.2, 0) is 4.79 Å². The maximum atomic E-state index is 11.6. The molecule has 0 radical (unpaired) electrons. The lowest BCUT2D eigenvalue weighted by atomic mass is 9.91. The molecule has 1 saturated heterocycles. The summed E-state index contributed by atoms with van der Waals surface area (Å²) in [6, 6.07) is 8.06. The number of likely N-dealkylation sites (tertiary alicyclic amines) is 1. The number of hydrogen-bond acceptors (Lipinski definition) is 4.